The Labute approximate surface area is 312 Å². The Bertz CT molecular complexity index is 1030. The van der Waals surface area contributed by atoms with E-state index >= 15 is 0 Å². The standard InChI is InChI=1S/C44H77NO6/c1-5-8-11-14-15-16-17-18-19-20-21-22-23-24-30-39-38(31-25-26-32-40(46)50-35-27-12-9-6-2)43(48)37(4)42(44(39)49)45-34-29-33-41(47)51-36-28-13-10-7-3/h45H,5-36H2,1-4H3. The number of ether oxygens (including phenoxy) is 2. The Hall–Kier alpha value is -2.44. The van der Waals surface area contributed by atoms with Crippen molar-refractivity contribution in [1.29, 1.82) is 0 Å². The van der Waals surface area contributed by atoms with E-state index in [4.69, 9.17) is 9.47 Å². The molecule has 7 heteroatoms. The van der Waals surface area contributed by atoms with Crippen LogP contribution in [0.25, 0.3) is 0 Å². The summed E-state index contributed by atoms with van der Waals surface area (Å²) in [4.78, 5) is 51.9. The molecule has 0 saturated carbocycles. The lowest BCUT2D eigenvalue weighted by molar-refractivity contribution is -0.144. The van der Waals surface area contributed by atoms with Gasteiger partial charge in [-0.1, -0.05) is 143 Å². The summed E-state index contributed by atoms with van der Waals surface area (Å²) in [5.41, 5.74) is 2.09. The number of hydrogen-bond acceptors (Lipinski definition) is 7. The highest BCUT2D eigenvalue weighted by Gasteiger charge is 2.31. The summed E-state index contributed by atoms with van der Waals surface area (Å²) in [6.45, 7) is 9.66. The second-order valence-electron chi connectivity index (χ2n) is 14.8. The number of ketones is 2. The number of carbonyl (C=O) groups is 4. The zero-order valence-electron chi connectivity index (χ0n) is 33.6. The zero-order chi connectivity index (χ0) is 37.4. The number of unbranched alkanes of at least 4 members (excludes halogenated alkanes) is 20. The molecular weight excluding hydrogens is 638 g/mol. The summed E-state index contributed by atoms with van der Waals surface area (Å²) < 4.78 is 10.7. The van der Waals surface area contributed by atoms with Gasteiger partial charge in [0, 0.05) is 36.1 Å². The van der Waals surface area contributed by atoms with E-state index in [2.05, 4.69) is 26.1 Å². The molecule has 0 aromatic heterocycles. The third kappa shape index (κ3) is 23.0. The van der Waals surface area contributed by atoms with Crippen LogP contribution in [-0.2, 0) is 28.7 Å². The van der Waals surface area contributed by atoms with Crippen LogP contribution in [0.15, 0.2) is 22.4 Å². The van der Waals surface area contributed by atoms with Crippen molar-refractivity contribution in [3.8, 4) is 0 Å². The van der Waals surface area contributed by atoms with E-state index < -0.39 is 0 Å². The first-order valence-electron chi connectivity index (χ1n) is 21.4. The maximum absolute atomic E-state index is 13.9. The fraction of sp³-hybridized carbons (Fsp3) is 0.818. The first-order valence-corrected chi connectivity index (χ1v) is 21.4. The van der Waals surface area contributed by atoms with Crippen molar-refractivity contribution in [1.82, 2.24) is 5.32 Å². The summed E-state index contributed by atoms with van der Waals surface area (Å²) in [5.74, 6) is -0.549. The molecule has 0 bridgehead atoms. The number of esters is 2. The van der Waals surface area contributed by atoms with E-state index in [1.165, 1.54) is 70.6 Å². The molecule has 0 amide bonds. The summed E-state index contributed by atoms with van der Waals surface area (Å²) in [5, 5.41) is 3.21. The lowest BCUT2D eigenvalue weighted by Crippen LogP contribution is -2.32. The van der Waals surface area contributed by atoms with E-state index in [1.807, 2.05) is 0 Å². The van der Waals surface area contributed by atoms with Crippen LogP contribution in [0.3, 0.4) is 0 Å². The molecule has 0 heterocycles. The molecule has 0 radical (unpaired) electrons. The number of rotatable bonds is 35. The molecule has 1 aliphatic carbocycles. The van der Waals surface area contributed by atoms with Crippen molar-refractivity contribution in [2.75, 3.05) is 19.8 Å². The Morgan fingerprint density at radius 1 is 0.471 bits per heavy atom. The van der Waals surface area contributed by atoms with Gasteiger partial charge in [0.2, 0.25) is 5.78 Å². The molecule has 7 nitrogen and oxygen atoms in total. The minimum Gasteiger partial charge on any atom is -0.466 e. The topological polar surface area (TPSA) is 98.8 Å². The van der Waals surface area contributed by atoms with Crippen LogP contribution in [0, 0.1) is 0 Å². The molecule has 0 unspecified atom stereocenters. The van der Waals surface area contributed by atoms with Gasteiger partial charge in [-0.3, -0.25) is 19.2 Å². The largest absolute Gasteiger partial charge is 0.466 e. The van der Waals surface area contributed by atoms with Crippen LogP contribution in [0.5, 0.6) is 0 Å². The molecule has 0 aliphatic heterocycles. The van der Waals surface area contributed by atoms with E-state index in [9.17, 15) is 19.2 Å². The van der Waals surface area contributed by atoms with E-state index in [1.54, 1.807) is 6.92 Å². The lowest BCUT2D eigenvalue weighted by Gasteiger charge is -2.23. The second kappa shape index (κ2) is 32.2. The Kier molecular flexibility index (Phi) is 29.4. The molecule has 1 aliphatic rings. The number of allylic oxidation sites excluding steroid dienone is 3. The van der Waals surface area contributed by atoms with Crippen LogP contribution < -0.4 is 5.32 Å². The van der Waals surface area contributed by atoms with Gasteiger partial charge in [-0.15, -0.1) is 0 Å². The SMILES string of the molecule is CCCCCCCCCCCCCCCCC1=C(CCCCC(=O)OCCCCCC)C(=O)C(C)=C(NCCCC(=O)OCCCCCC)C1=O. The highest BCUT2D eigenvalue weighted by molar-refractivity contribution is 6.24. The second-order valence-corrected chi connectivity index (χ2v) is 14.8. The van der Waals surface area contributed by atoms with Crippen molar-refractivity contribution < 1.29 is 28.7 Å². The van der Waals surface area contributed by atoms with Crippen molar-refractivity contribution in [3.05, 3.63) is 22.4 Å². The highest BCUT2D eigenvalue weighted by Crippen LogP contribution is 2.30. The molecule has 0 aromatic rings. The molecule has 0 fully saturated rings. The average molecular weight is 716 g/mol. The lowest BCUT2D eigenvalue weighted by atomic mass is 9.82. The van der Waals surface area contributed by atoms with Crippen molar-refractivity contribution in [2.24, 2.45) is 0 Å². The zero-order valence-corrected chi connectivity index (χ0v) is 33.6. The first-order chi connectivity index (χ1) is 24.9. The van der Waals surface area contributed by atoms with Crippen LogP contribution >= 0.6 is 0 Å². The summed E-state index contributed by atoms with van der Waals surface area (Å²) >= 11 is 0. The predicted molar refractivity (Wildman–Crippen MR) is 211 cm³/mol. The van der Waals surface area contributed by atoms with Gasteiger partial charge in [0.05, 0.1) is 18.9 Å². The molecule has 0 atom stereocenters. The Morgan fingerprint density at radius 2 is 0.843 bits per heavy atom. The molecule has 0 aromatic carbocycles. The molecular formula is C44H77NO6. The summed E-state index contributed by atoms with van der Waals surface area (Å²) in [6, 6.07) is 0. The summed E-state index contributed by atoms with van der Waals surface area (Å²) in [6.07, 6.45) is 29.8. The minimum absolute atomic E-state index is 0.0672. The smallest absolute Gasteiger partial charge is 0.305 e. The Morgan fingerprint density at radius 3 is 1.31 bits per heavy atom. The number of Topliss-reactive ketones (excluding diaryl/α,β-unsaturated/α-hetero) is 2. The van der Waals surface area contributed by atoms with Gasteiger partial charge in [-0.2, -0.15) is 0 Å². The first kappa shape index (κ1) is 46.6. The maximum atomic E-state index is 13.9. The van der Waals surface area contributed by atoms with Gasteiger partial charge >= 0.3 is 11.9 Å². The minimum atomic E-state index is -0.217. The van der Waals surface area contributed by atoms with Crippen LogP contribution in [0.1, 0.15) is 214 Å². The van der Waals surface area contributed by atoms with Gasteiger partial charge in [-0.05, 0) is 58.3 Å². The quantitative estimate of drug-likeness (QED) is 0.0396. The van der Waals surface area contributed by atoms with Crippen LogP contribution in [-0.4, -0.2) is 43.3 Å². The predicted octanol–water partition coefficient (Wildman–Crippen LogP) is 11.8. The number of carbonyl (C=O) groups excluding carboxylic acids is 4. The fourth-order valence-electron chi connectivity index (χ4n) is 6.76. The fourth-order valence-corrected chi connectivity index (χ4v) is 6.76. The van der Waals surface area contributed by atoms with Crippen LogP contribution in [0.4, 0.5) is 0 Å². The summed E-state index contributed by atoms with van der Waals surface area (Å²) in [7, 11) is 0. The van der Waals surface area contributed by atoms with Gasteiger partial charge in [0.15, 0.2) is 5.78 Å². The molecule has 1 rings (SSSR count). The monoisotopic (exact) mass is 716 g/mol. The van der Waals surface area contributed by atoms with Crippen molar-refractivity contribution in [2.45, 2.75) is 214 Å². The van der Waals surface area contributed by atoms with Gasteiger partial charge in [0.1, 0.15) is 0 Å². The molecule has 51 heavy (non-hydrogen) atoms. The van der Waals surface area contributed by atoms with Crippen LogP contribution in [0.2, 0.25) is 0 Å². The molecule has 294 valence electrons. The van der Waals surface area contributed by atoms with Gasteiger partial charge in [-0.25, -0.2) is 0 Å². The highest BCUT2D eigenvalue weighted by atomic mass is 16.5. The third-order valence-corrected chi connectivity index (χ3v) is 10.1. The molecule has 1 N–H and O–H groups in total. The van der Waals surface area contributed by atoms with E-state index in [0.29, 0.717) is 80.7 Å². The number of hydrogen-bond donors (Lipinski definition) is 1. The van der Waals surface area contributed by atoms with Crippen molar-refractivity contribution in [3.63, 3.8) is 0 Å². The normalized spacial score (nSPS) is 13.3. The van der Waals surface area contributed by atoms with Gasteiger partial charge < -0.3 is 14.8 Å². The van der Waals surface area contributed by atoms with E-state index in [-0.39, 0.29) is 29.9 Å². The van der Waals surface area contributed by atoms with E-state index in [0.717, 1.165) is 70.6 Å². The van der Waals surface area contributed by atoms with Gasteiger partial charge in [0.25, 0.3) is 0 Å². The maximum Gasteiger partial charge on any atom is 0.305 e. The molecule has 0 saturated heterocycles. The molecule has 0 spiro atoms. The van der Waals surface area contributed by atoms with Crippen molar-refractivity contribution >= 4 is 23.5 Å². The number of nitrogens with one attached hydrogen (secondary N) is 1. The Balaban J connectivity index is 2.61. The third-order valence-electron chi connectivity index (χ3n) is 10.1. The average Bonchev–Trinajstić information content (AvgIpc) is 3.12.